The van der Waals surface area contributed by atoms with Crippen LogP contribution in [0.4, 0.5) is 0 Å². The number of likely N-dealkylation sites (tertiary alicyclic amines) is 1. The summed E-state index contributed by atoms with van der Waals surface area (Å²) in [6, 6.07) is 11.1. The van der Waals surface area contributed by atoms with E-state index in [1.165, 1.54) is 44.6 Å². The predicted octanol–water partition coefficient (Wildman–Crippen LogP) is 3.35. The lowest BCUT2D eigenvalue weighted by molar-refractivity contribution is 0.140. The van der Waals surface area contributed by atoms with Crippen molar-refractivity contribution in [3.8, 4) is 0 Å². The Balaban J connectivity index is 1.57. The van der Waals surface area contributed by atoms with Crippen molar-refractivity contribution in [3.05, 3.63) is 35.9 Å². The van der Waals surface area contributed by atoms with Gasteiger partial charge in [-0.05, 0) is 43.7 Å². The molecular weight excluding hydrogens is 370 g/mol. The van der Waals surface area contributed by atoms with Crippen LogP contribution in [0.2, 0.25) is 0 Å². The van der Waals surface area contributed by atoms with E-state index in [0.717, 1.165) is 38.7 Å². The fourth-order valence-corrected chi connectivity index (χ4v) is 4.97. The molecule has 0 amide bonds. The van der Waals surface area contributed by atoms with E-state index < -0.39 is 0 Å². The zero-order chi connectivity index (χ0) is 21.3. The molecule has 1 aromatic carbocycles. The highest BCUT2D eigenvalue weighted by molar-refractivity contribution is 5.80. The number of likely N-dealkylation sites (N-methyl/N-ethyl adjacent to an activating group) is 1. The topological polar surface area (TPSA) is 34.1 Å². The Morgan fingerprint density at radius 2 is 1.83 bits per heavy atom. The summed E-state index contributed by atoms with van der Waals surface area (Å²) >= 11 is 0. The first-order valence-corrected chi connectivity index (χ1v) is 12.1. The van der Waals surface area contributed by atoms with E-state index in [4.69, 9.17) is 4.99 Å². The second-order valence-corrected chi connectivity index (χ2v) is 9.32. The summed E-state index contributed by atoms with van der Waals surface area (Å²) in [6.45, 7) is 16.8. The number of hydrogen-bond acceptors (Lipinski definition) is 3. The number of hydrogen-bond donors (Lipinski definition) is 1. The van der Waals surface area contributed by atoms with E-state index in [1.54, 1.807) is 0 Å². The van der Waals surface area contributed by atoms with E-state index in [1.807, 2.05) is 0 Å². The van der Waals surface area contributed by atoms with Gasteiger partial charge in [0.05, 0.1) is 0 Å². The van der Waals surface area contributed by atoms with Crippen molar-refractivity contribution in [2.75, 3.05) is 66.0 Å². The molecule has 1 N–H and O–H groups in total. The zero-order valence-corrected chi connectivity index (χ0v) is 19.7. The van der Waals surface area contributed by atoms with Gasteiger partial charge < -0.3 is 20.0 Å². The number of rotatable bonds is 7. The Kier molecular flexibility index (Phi) is 9.01. The molecule has 0 bridgehead atoms. The number of guanidine groups is 1. The van der Waals surface area contributed by atoms with Crippen LogP contribution in [0.5, 0.6) is 0 Å². The van der Waals surface area contributed by atoms with Gasteiger partial charge in [-0.1, -0.05) is 50.6 Å². The summed E-state index contributed by atoms with van der Waals surface area (Å²) in [4.78, 5) is 12.6. The first-order valence-electron chi connectivity index (χ1n) is 12.1. The number of nitrogens with zero attached hydrogens (tertiary/aromatic N) is 4. The Hall–Kier alpha value is -1.59. The maximum atomic E-state index is 5.08. The minimum absolute atomic E-state index is 0.589. The van der Waals surface area contributed by atoms with E-state index in [2.05, 4.69) is 78.2 Å². The molecule has 3 unspecified atom stereocenters. The van der Waals surface area contributed by atoms with Gasteiger partial charge in [0.15, 0.2) is 5.96 Å². The Morgan fingerprint density at radius 3 is 2.50 bits per heavy atom. The molecule has 168 valence electrons. The molecule has 1 aromatic rings. The van der Waals surface area contributed by atoms with Crippen LogP contribution in [0.15, 0.2) is 35.3 Å². The van der Waals surface area contributed by atoms with Gasteiger partial charge in [-0.25, -0.2) is 0 Å². The molecule has 2 fully saturated rings. The number of benzene rings is 1. The third-order valence-corrected chi connectivity index (χ3v) is 6.84. The van der Waals surface area contributed by atoms with Gasteiger partial charge in [-0.15, -0.1) is 0 Å². The highest BCUT2D eigenvalue weighted by Crippen LogP contribution is 2.34. The molecule has 30 heavy (non-hydrogen) atoms. The van der Waals surface area contributed by atoms with Crippen molar-refractivity contribution in [1.82, 2.24) is 20.0 Å². The molecule has 5 heteroatoms. The minimum Gasteiger partial charge on any atom is -0.357 e. The summed E-state index contributed by atoms with van der Waals surface area (Å²) < 4.78 is 0. The molecule has 2 saturated heterocycles. The average Bonchev–Trinajstić information content (AvgIpc) is 2.78. The van der Waals surface area contributed by atoms with Crippen LogP contribution in [0.25, 0.3) is 0 Å². The predicted molar refractivity (Wildman–Crippen MR) is 128 cm³/mol. The molecule has 2 aliphatic rings. The first-order chi connectivity index (χ1) is 14.6. The number of piperazine rings is 1. The maximum Gasteiger partial charge on any atom is 0.193 e. The largest absolute Gasteiger partial charge is 0.357 e. The summed E-state index contributed by atoms with van der Waals surface area (Å²) in [7, 11) is 2.22. The first kappa shape index (κ1) is 23.1. The summed E-state index contributed by atoms with van der Waals surface area (Å²) in [5.41, 5.74) is 1.51. The van der Waals surface area contributed by atoms with E-state index in [-0.39, 0.29) is 0 Å². The summed E-state index contributed by atoms with van der Waals surface area (Å²) in [5, 5.41) is 3.57. The van der Waals surface area contributed by atoms with Crippen molar-refractivity contribution in [3.63, 3.8) is 0 Å². The quantitative estimate of drug-likeness (QED) is 0.549. The standard InChI is InChI=1S/C25H43N5/c1-5-22-20-30(13-12-24(22)23-10-8-7-9-11-23)25(26-6-2)27-18-21(3)19-29-16-14-28(4)15-17-29/h7-11,21-22,24H,5-6,12-20H2,1-4H3,(H,26,27). The Morgan fingerprint density at radius 1 is 1.10 bits per heavy atom. The highest BCUT2D eigenvalue weighted by atomic mass is 15.3. The normalized spacial score (nSPS) is 25.3. The number of piperidine rings is 1. The second kappa shape index (κ2) is 11.7. The van der Waals surface area contributed by atoms with E-state index >= 15 is 0 Å². The van der Waals surface area contributed by atoms with Gasteiger partial charge in [-0.2, -0.15) is 0 Å². The molecular formula is C25H43N5. The second-order valence-electron chi connectivity index (χ2n) is 9.32. The molecule has 3 atom stereocenters. The smallest absolute Gasteiger partial charge is 0.193 e. The van der Waals surface area contributed by atoms with Crippen LogP contribution >= 0.6 is 0 Å². The van der Waals surface area contributed by atoms with Gasteiger partial charge in [-0.3, -0.25) is 4.99 Å². The van der Waals surface area contributed by atoms with Crippen molar-refractivity contribution >= 4 is 5.96 Å². The van der Waals surface area contributed by atoms with Crippen LogP contribution in [0.1, 0.15) is 45.1 Å². The molecule has 0 saturated carbocycles. The third kappa shape index (κ3) is 6.45. The number of aliphatic imine (C=N–C) groups is 1. The van der Waals surface area contributed by atoms with E-state index in [0.29, 0.717) is 17.8 Å². The molecule has 2 aliphatic heterocycles. The molecule has 0 aliphatic carbocycles. The Labute approximate surface area is 184 Å². The van der Waals surface area contributed by atoms with Crippen molar-refractivity contribution in [1.29, 1.82) is 0 Å². The lowest BCUT2D eigenvalue weighted by Gasteiger charge is -2.40. The van der Waals surface area contributed by atoms with Crippen molar-refractivity contribution in [2.45, 2.75) is 39.5 Å². The monoisotopic (exact) mass is 413 g/mol. The molecule has 0 aromatic heterocycles. The van der Waals surface area contributed by atoms with E-state index in [9.17, 15) is 0 Å². The summed E-state index contributed by atoms with van der Waals surface area (Å²) in [5.74, 6) is 3.07. The van der Waals surface area contributed by atoms with Gasteiger partial charge in [0.25, 0.3) is 0 Å². The van der Waals surface area contributed by atoms with Crippen LogP contribution in [-0.4, -0.2) is 86.6 Å². The van der Waals surface area contributed by atoms with Crippen molar-refractivity contribution < 1.29 is 0 Å². The zero-order valence-electron chi connectivity index (χ0n) is 19.7. The fraction of sp³-hybridized carbons (Fsp3) is 0.720. The maximum absolute atomic E-state index is 5.08. The highest BCUT2D eigenvalue weighted by Gasteiger charge is 2.30. The van der Waals surface area contributed by atoms with Crippen LogP contribution in [0.3, 0.4) is 0 Å². The summed E-state index contributed by atoms with van der Waals surface area (Å²) in [6.07, 6.45) is 2.43. The van der Waals surface area contributed by atoms with Crippen LogP contribution < -0.4 is 5.32 Å². The molecule has 3 rings (SSSR count). The lowest BCUT2D eigenvalue weighted by Crippen LogP contribution is -2.49. The van der Waals surface area contributed by atoms with Crippen molar-refractivity contribution in [2.24, 2.45) is 16.8 Å². The molecule has 0 radical (unpaired) electrons. The van der Waals surface area contributed by atoms with Crippen LogP contribution in [-0.2, 0) is 0 Å². The van der Waals surface area contributed by atoms with Gasteiger partial charge in [0.1, 0.15) is 0 Å². The van der Waals surface area contributed by atoms with Gasteiger partial charge >= 0.3 is 0 Å². The van der Waals surface area contributed by atoms with Gasteiger partial charge in [0.2, 0.25) is 0 Å². The Bertz CT molecular complexity index is 638. The van der Waals surface area contributed by atoms with Gasteiger partial charge in [0, 0.05) is 58.9 Å². The minimum atomic E-state index is 0.589. The third-order valence-electron chi connectivity index (χ3n) is 6.84. The molecule has 0 spiro atoms. The lowest BCUT2D eigenvalue weighted by atomic mass is 9.79. The average molecular weight is 414 g/mol. The fourth-order valence-electron chi connectivity index (χ4n) is 4.97. The molecule has 2 heterocycles. The number of nitrogens with one attached hydrogen (secondary N) is 1. The molecule has 5 nitrogen and oxygen atoms in total. The SMILES string of the molecule is CCNC(=NCC(C)CN1CCN(C)CC1)N1CCC(c2ccccc2)C(CC)C1. The van der Waals surface area contributed by atoms with Crippen LogP contribution in [0, 0.1) is 11.8 Å².